The second kappa shape index (κ2) is 6.39. The number of anilines is 1. The second-order valence-corrected chi connectivity index (χ2v) is 5.71. The maximum absolute atomic E-state index is 12.1. The number of benzene rings is 1. The molecule has 0 aromatic heterocycles. The fourth-order valence-corrected chi connectivity index (χ4v) is 2.59. The lowest BCUT2D eigenvalue weighted by molar-refractivity contribution is 0.0947. The van der Waals surface area contributed by atoms with Crippen molar-refractivity contribution in [2.45, 2.75) is 25.8 Å². The lowest BCUT2D eigenvalue weighted by Crippen LogP contribution is -2.36. The van der Waals surface area contributed by atoms with Gasteiger partial charge in [-0.2, -0.15) is 0 Å². The zero-order chi connectivity index (χ0) is 13.8. The van der Waals surface area contributed by atoms with E-state index >= 15 is 0 Å². The Bertz CT molecular complexity index is 460. The summed E-state index contributed by atoms with van der Waals surface area (Å²) in [6, 6.07) is 6.00. The number of nitrogens with one attached hydrogen (secondary N) is 1. The third-order valence-corrected chi connectivity index (χ3v) is 4.08. The largest absolute Gasteiger partial charge is 0.399 e. The summed E-state index contributed by atoms with van der Waals surface area (Å²) in [5.74, 6) is -0.0778. The number of carbonyl (C=O) groups is 1. The van der Waals surface area contributed by atoms with Gasteiger partial charge in [-0.3, -0.25) is 9.69 Å². The lowest BCUT2D eigenvalue weighted by Gasteiger charge is -2.19. The summed E-state index contributed by atoms with van der Waals surface area (Å²) in [5, 5.41) is 2.95. The van der Waals surface area contributed by atoms with Crippen molar-refractivity contribution in [2.24, 2.45) is 0 Å². The first-order valence-corrected chi connectivity index (χ1v) is 7.48. The Morgan fingerprint density at radius 1 is 1.53 bits per heavy atom. The molecular formula is C14H20BrN3O. The zero-order valence-electron chi connectivity index (χ0n) is 11.2. The molecule has 1 aliphatic carbocycles. The Kier molecular flexibility index (Phi) is 4.82. The Morgan fingerprint density at radius 3 is 2.89 bits per heavy atom. The molecule has 0 unspecified atom stereocenters. The van der Waals surface area contributed by atoms with Crippen LogP contribution in [0.15, 0.2) is 22.7 Å². The number of nitrogen functional groups attached to an aromatic ring is 1. The van der Waals surface area contributed by atoms with Gasteiger partial charge in [-0.25, -0.2) is 0 Å². The van der Waals surface area contributed by atoms with Crippen molar-refractivity contribution in [2.75, 3.05) is 25.4 Å². The molecular weight excluding hydrogens is 306 g/mol. The Labute approximate surface area is 122 Å². The molecule has 0 heterocycles. The van der Waals surface area contributed by atoms with Gasteiger partial charge in [0, 0.05) is 29.3 Å². The number of carbonyl (C=O) groups excluding carboxylic acids is 1. The van der Waals surface area contributed by atoms with E-state index in [-0.39, 0.29) is 5.91 Å². The SMILES string of the molecule is CCN(CCNC(=O)c1cc(N)ccc1Br)C1CC1. The maximum Gasteiger partial charge on any atom is 0.252 e. The summed E-state index contributed by atoms with van der Waals surface area (Å²) in [5.41, 5.74) is 6.89. The summed E-state index contributed by atoms with van der Waals surface area (Å²) < 4.78 is 0.772. The van der Waals surface area contributed by atoms with Crippen molar-refractivity contribution in [1.82, 2.24) is 10.2 Å². The molecule has 1 saturated carbocycles. The number of nitrogens with zero attached hydrogens (tertiary/aromatic N) is 1. The fourth-order valence-electron chi connectivity index (χ4n) is 2.16. The molecule has 4 nitrogen and oxygen atoms in total. The zero-order valence-corrected chi connectivity index (χ0v) is 12.7. The summed E-state index contributed by atoms with van der Waals surface area (Å²) >= 11 is 3.37. The van der Waals surface area contributed by atoms with Crippen LogP contribution in [0.4, 0.5) is 5.69 Å². The van der Waals surface area contributed by atoms with Gasteiger partial charge in [0.2, 0.25) is 0 Å². The molecule has 0 saturated heterocycles. The van der Waals surface area contributed by atoms with Crippen molar-refractivity contribution < 1.29 is 4.79 Å². The van der Waals surface area contributed by atoms with Crippen LogP contribution < -0.4 is 11.1 Å². The van der Waals surface area contributed by atoms with Gasteiger partial charge in [0.05, 0.1) is 5.56 Å². The molecule has 1 amide bonds. The molecule has 1 fully saturated rings. The van der Waals surface area contributed by atoms with E-state index in [1.165, 1.54) is 12.8 Å². The van der Waals surface area contributed by atoms with Crippen LogP contribution in [0.2, 0.25) is 0 Å². The van der Waals surface area contributed by atoms with Crippen LogP contribution in [0.25, 0.3) is 0 Å². The van der Waals surface area contributed by atoms with Gasteiger partial charge in [0.15, 0.2) is 0 Å². The molecule has 1 aliphatic rings. The molecule has 0 bridgehead atoms. The number of hydrogen-bond donors (Lipinski definition) is 2. The van der Waals surface area contributed by atoms with E-state index in [1.54, 1.807) is 18.2 Å². The molecule has 0 atom stereocenters. The average Bonchev–Trinajstić information content (AvgIpc) is 3.21. The number of nitrogens with two attached hydrogens (primary N) is 1. The molecule has 0 aliphatic heterocycles. The van der Waals surface area contributed by atoms with Gasteiger partial charge in [-0.15, -0.1) is 0 Å². The minimum Gasteiger partial charge on any atom is -0.399 e. The predicted octanol–water partition coefficient (Wildman–Crippen LogP) is 2.25. The fraction of sp³-hybridized carbons (Fsp3) is 0.500. The van der Waals surface area contributed by atoms with E-state index in [0.717, 1.165) is 23.6 Å². The van der Waals surface area contributed by atoms with Gasteiger partial charge >= 0.3 is 0 Å². The Morgan fingerprint density at radius 2 is 2.26 bits per heavy atom. The average molecular weight is 326 g/mol. The summed E-state index contributed by atoms with van der Waals surface area (Å²) in [4.78, 5) is 14.5. The van der Waals surface area contributed by atoms with Crippen LogP contribution in [0.1, 0.15) is 30.1 Å². The highest BCUT2D eigenvalue weighted by molar-refractivity contribution is 9.10. The molecule has 3 N–H and O–H groups in total. The van der Waals surface area contributed by atoms with Gasteiger partial charge in [-0.05, 0) is 53.5 Å². The van der Waals surface area contributed by atoms with Crippen molar-refractivity contribution in [1.29, 1.82) is 0 Å². The van der Waals surface area contributed by atoms with E-state index in [1.807, 2.05) is 0 Å². The molecule has 2 rings (SSSR count). The molecule has 19 heavy (non-hydrogen) atoms. The van der Waals surface area contributed by atoms with Crippen molar-refractivity contribution in [3.8, 4) is 0 Å². The minimum absolute atomic E-state index is 0.0778. The lowest BCUT2D eigenvalue weighted by atomic mass is 10.2. The van der Waals surface area contributed by atoms with Crippen LogP contribution in [-0.2, 0) is 0 Å². The van der Waals surface area contributed by atoms with Gasteiger partial charge in [-0.1, -0.05) is 6.92 Å². The number of amides is 1. The highest BCUT2D eigenvalue weighted by Crippen LogP contribution is 2.25. The smallest absolute Gasteiger partial charge is 0.252 e. The van der Waals surface area contributed by atoms with E-state index < -0.39 is 0 Å². The number of rotatable bonds is 6. The highest BCUT2D eigenvalue weighted by Gasteiger charge is 2.27. The summed E-state index contributed by atoms with van der Waals surface area (Å²) in [6.45, 7) is 4.79. The third-order valence-electron chi connectivity index (χ3n) is 3.39. The first-order valence-electron chi connectivity index (χ1n) is 6.69. The van der Waals surface area contributed by atoms with Gasteiger partial charge < -0.3 is 11.1 Å². The topological polar surface area (TPSA) is 58.4 Å². The van der Waals surface area contributed by atoms with E-state index in [2.05, 4.69) is 33.1 Å². The standard InChI is InChI=1S/C14H20BrN3O/c1-2-18(11-4-5-11)8-7-17-14(19)12-9-10(16)3-6-13(12)15/h3,6,9,11H,2,4-5,7-8,16H2,1H3,(H,17,19). The van der Waals surface area contributed by atoms with Crippen molar-refractivity contribution in [3.63, 3.8) is 0 Å². The third kappa shape index (κ3) is 3.94. The molecule has 5 heteroatoms. The number of halogens is 1. The van der Waals surface area contributed by atoms with Crippen molar-refractivity contribution in [3.05, 3.63) is 28.2 Å². The van der Waals surface area contributed by atoms with Crippen LogP contribution in [-0.4, -0.2) is 36.5 Å². The van der Waals surface area contributed by atoms with Crippen LogP contribution in [0.5, 0.6) is 0 Å². The van der Waals surface area contributed by atoms with Crippen LogP contribution in [0, 0.1) is 0 Å². The molecule has 0 spiro atoms. The summed E-state index contributed by atoms with van der Waals surface area (Å²) in [6.07, 6.45) is 2.59. The number of hydrogen-bond acceptors (Lipinski definition) is 3. The maximum atomic E-state index is 12.1. The van der Waals surface area contributed by atoms with Crippen molar-refractivity contribution >= 4 is 27.5 Å². The predicted molar refractivity (Wildman–Crippen MR) is 81.2 cm³/mol. The molecule has 1 aromatic carbocycles. The first kappa shape index (κ1) is 14.3. The first-order chi connectivity index (χ1) is 9.11. The molecule has 1 aromatic rings. The van der Waals surface area contributed by atoms with Gasteiger partial charge in [0.1, 0.15) is 0 Å². The van der Waals surface area contributed by atoms with Crippen LogP contribution >= 0.6 is 15.9 Å². The monoisotopic (exact) mass is 325 g/mol. The number of likely N-dealkylation sites (N-methyl/N-ethyl adjacent to an activating group) is 1. The van der Waals surface area contributed by atoms with E-state index in [0.29, 0.717) is 17.8 Å². The Balaban J connectivity index is 1.85. The quantitative estimate of drug-likeness (QED) is 0.789. The highest BCUT2D eigenvalue weighted by atomic mass is 79.9. The second-order valence-electron chi connectivity index (χ2n) is 4.85. The van der Waals surface area contributed by atoms with E-state index in [4.69, 9.17) is 5.73 Å². The summed E-state index contributed by atoms with van der Waals surface area (Å²) in [7, 11) is 0. The Hall–Kier alpha value is -1.07. The normalized spacial score (nSPS) is 14.7. The molecule has 0 radical (unpaired) electrons. The minimum atomic E-state index is -0.0778. The van der Waals surface area contributed by atoms with E-state index in [9.17, 15) is 4.79 Å². The molecule has 104 valence electrons. The van der Waals surface area contributed by atoms with Gasteiger partial charge in [0.25, 0.3) is 5.91 Å². The van der Waals surface area contributed by atoms with Crippen LogP contribution in [0.3, 0.4) is 0 Å².